The molecule has 1 unspecified atom stereocenters. The fourth-order valence-electron chi connectivity index (χ4n) is 4.85. The molecule has 8 heteroatoms. The molecule has 0 saturated heterocycles. The molecule has 0 fully saturated rings. The van der Waals surface area contributed by atoms with Crippen LogP contribution in [0.4, 0.5) is 11.4 Å². The summed E-state index contributed by atoms with van der Waals surface area (Å²) in [5.74, 6) is -0.0116. The average Bonchev–Trinajstić information content (AvgIpc) is 3.12. The van der Waals surface area contributed by atoms with Crippen LogP contribution in [0, 0.1) is 0 Å². The molecule has 5 aromatic carbocycles. The molecule has 48 heavy (non-hydrogen) atoms. The van der Waals surface area contributed by atoms with Crippen molar-refractivity contribution >= 4 is 46.9 Å². The normalized spacial score (nSPS) is 11.8. The van der Waals surface area contributed by atoms with Gasteiger partial charge in [0.1, 0.15) is 16.7 Å². The second-order valence-corrected chi connectivity index (χ2v) is 12.5. The summed E-state index contributed by atoms with van der Waals surface area (Å²) in [7, 11) is 1.58. The van der Waals surface area contributed by atoms with Crippen LogP contribution in [0.3, 0.4) is 0 Å². The van der Waals surface area contributed by atoms with Gasteiger partial charge in [-0.1, -0.05) is 92.7 Å². The molecule has 3 amide bonds. The van der Waals surface area contributed by atoms with E-state index in [1.54, 1.807) is 55.7 Å². The van der Waals surface area contributed by atoms with Crippen LogP contribution in [0.25, 0.3) is 6.08 Å². The largest absolute Gasteiger partial charge is 0.497 e. The quantitative estimate of drug-likeness (QED) is 0.0923. The second kappa shape index (κ2) is 16.3. The lowest BCUT2D eigenvalue weighted by Crippen LogP contribution is -2.30. The van der Waals surface area contributed by atoms with Gasteiger partial charge in [-0.15, -0.1) is 11.8 Å². The molecule has 5 rings (SSSR count). The van der Waals surface area contributed by atoms with Crippen molar-refractivity contribution in [3.63, 3.8) is 0 Å². The summed E-state index contributed by atoms with van der Waals surface area (Å²) in [6, 6.07) is 40.7. The Morgan fingerprint density at radius 3 is 2.00 bits per heavy atom. The van der Waals surface area contributed by atoms with Gasteiger partial charge in [0.05, 0.1) is 7.11 Å². The van der Waals surface area contributed by atoms with E-state index in [2.05, 4.69) is 29.8 Å². The number of methoxy groups -OCH3 is 1. The lowest BCUT2D eigenvalue weighted by atomic mass is 10.0. The van der Waals surface area contributed by atoms with Crippen LogP contribution in [0.5, 0.6) is 5.75 Å². The van der Waals surface area contributed by atoms with Crippen molar-refractivity contribution in [1.82, 2.24) is 5.32 Å². The van der Waals surface area contributed by atoms with Crippen molar-refractivity contribution in [2.45, 2.75) is 29.9 Å². The van der Waals surface area contributed by atoms with E-state index in [0.29, 0.717) is 28.6 Å². The van der Waals surface area contributed by atoms with Crippen LogP contribution in [-0.4, -0.2) is 24.8 Å². The zero-order valence-corrected chi connectivity index (χ0v) is 27.8. The summed E-state index contributed by atoms with van der Waals surface area (Å²) in [5.41, 5.74) is 4.54. The number of hydrogen-bond donors (Lipinski definition) is 3. The van der Waals surface area contributed by atoms with Gasteiger partial charge in [-0.25, -0.2) is 0 Å². The highest BCUT2D eigenvalue weighted by Crippen LogP contribution is 2.37. The van der Waals surface area contributed by atoms with Gasteiger partial charge in [0, 0.05) is 27.9 Å². The van der Waals surface area contributed by atoms with E-state index in [1.807, 2.05) is 91.0 Å². The predicted octanol–water partition coefficient (Wildman–Crippen LogP) is 8.70. The number of benzene rings is 5. The van der Waals surface area contributed by atoms with Crippen molar-refractivity contribution in [3.8, 4) is 5.75 Å². The molecule has 0 aliphatic heterocycles. The van der Waals surface area contributed by atoms with E-state index in [9.17, 15) is 14.4 Å². The van der Waals surface area contributed by atoms with Crippen molar-refractivity contribution in [2.24, 2.45) is 0 Å². The third-order valence-electron chi connectivity index (χ3n) is 7.49. The highest BCUT2D eigenvalue weighted by molar-refractivity contribution is 8.00. The van der Waals surface area contributed by atoms with Crippen LogP contribution in [0.1, 0.15) is 52.1 Å². The molecule has 0 radical (unpaired) electrons. The summed E-state index contributed by atoms with van der Waals surface area (Å²) in [5, 5.41) is 8.16. The minimum Gasteiger partial charge on any atom is -0.497 e. The van der Waals surface area contributed by atoms with Gasteiger partial charge in [-0.2, -0.15) is 0 Å². The Bertz CT molecular complexity index is 1870. The van der Waals surface area contributed by atoms with E-state index >= 15 is 0 Å². The van der Waals surface area contributed by atoms with Crippen molar-refractivity contribution in [3.05, 3.63) is 161 Å². The van der Waals surface area contributed by atoms with Crippen LogP contribution in [-0.2, 0) is 9.59 Å². The Morgan fingerprint density at radius 2 is 1.35 bits per heavy atom. The third kappa shape index (κ3) is 9.24. The van der Waals surface area contributed by atoms with Crippen molar-refractivity contribution in [2.75, 3.05) is 17.7 Å². The lowest BCUT2D eigenvalue weighted by Gasteiger charge is -2.18. The third-order valence-corrected chi connectivity index (χ3v) is 8.75. The maximum atomic E-state index is 13.6. The molecule has 0 aromatic heterocycles. The van der Waals surface area contributed by atoms with E-state index in [0.717, 1.165) is 16.0 Å². The summed E-state index contributed by atoms with van der Waals surface area (Å²) < 4.78 is 5.30. The summed E-state index contributed by atoms with van der Waals surface area (Å²) in [4.78, 5) is 41.0. The Kier molecular flexibility index (Phi) is 11.5. The Hall–Kier alpha value is -5.60. The van der Waals surface area contributed by atoms with Crippen LogP contribution in [0.2, 0.25) is 0 Å². The molecule has 1 atom stereocenters. The second-order valence-electron chi connectivity index (χ2n) is 11.3. The number of carbonyl (C=O) groups excluding carboxylic acids is 3. The minimum absolute atomic E-state index is 0.109. The zero-order valence-electron chi connectivity index (χ0n) is 27.0. The van der Waals surface area contributed by atoms with E-state index in [1.165, 1.54) is 17.3 Å². The molecule has 0 spiro atoms. The van der Waals surface area contributed by atoms with Crippen LogP contribution >= 0.6 is 11.8 Å². The maximum absolute atomic E-state index is 13.6. The molecule has 0 heterocycles. The van der Waals surface area contributed by atoms with Gasteiger partial charge >= 0.3 is 0 Å². The van der Waals surface area contributed by atoms with E-state index in [4.69, 9.17) is 4.74 Å². The van der Waals surface area contributed by atoms with E-state index in [-0.39, 0.29) is 17.5 Å². The van der Waals surface area contributed by atoms with Gasteiger partial charge in [-0.05, 0) is 77.2 Å². The lowest BCUT2D eigenvalue weighted by molar-refractivity contribution is -0.116. The van der Waals surface area contributed by atoms with Gasteiger partial charge in [0.2, 0.25) is 5.91 Å². The SMILES string of the molecule is COc1cccc(NC(=O)C(Sc2ccc(NC(=O)/C(=C/c3ccc(C(C)C)cc3)NC(=O)c3ccccc3)cc2)c2ccccc2)c1. The summed E-state index contributed by atoms with van der Waals surface area (Å²) >= 11 is 1.40. The first-order chi connectivity index (χ1) is 23.3. The number of amides is 3. The number of anilines is 2. The number of hydrogen-bond acceptors (Lipinski definition) is 5. The fraction of sp³-hybridized carbons (Fsp3) is 0.125. The standard InChI is InChI=1S/C40H37N3O4S/c1-27(2)29-19-17-28(18-20-29)25-36(43-38(44)31-13-8-5-9-14-31)39(45)41-32-21-23-35(24-22-32)48-37(30-11-6-4-7-12-30)40(46)42-33-15-10-16-34(26-33)47-3/h4-27,37H,1-3H3,(H,41,45)(H,42,46)(H,43,44)/b36-25-. The molecular formula is C40H37N3O4S. The van der Waals surface area contributed by atoms with Crippen molar-refractivity contribution in [1.29, 1.82) is 0 Å². The number of ether oxygens (including phenoxy) is 1. The molecule has 0 aliphatic rings. The summed E-state index contributed by atoms with van der Waals surface area (Å²) in [6.45, 7) is 4.24. The average molecular weight is 656 g/mol. The van der Waals surface area contributed by atoms with Crippen LogP contribution in [0.15, 0.2) is 144 Å². The Morgan fingerprint density at radius 1 is 0.688 bits per heavy atom. The fourth-order valence-corrected chi connectivity index (χ4v) is 5.87. The number of nitrogens with one attached hydrogen (secondary N) is 3. The number of carbonyl (C=O) groups is 3. The van der Waals surface area contributed by atoms with Gasteiger partial charge in [0.15, 0.2) is 0 Å². The van der Waals surface area contributed by atoms with Gasteiger partial charge in [0.25, 0.3) is 11.8 Å². The zero-order chi connectivity index (χ0) is 33.9. The minimum atomic E-state index is -0.539. The molecule has 3 N–H and O–H groups in total. The molecule has 0 bridgehead atoms. The van der Waals surface area contributed by atoms with E-state index < -0.39 is 11.2 Å². The Labute approximate surface area is 285 Å². The Balaban J connectivity index is 1.33. The first kappa shape index (κ1) is 33.8. The highest BCUT2D eigenvalue weighted by atomic mass is 32.2. The first-order valence-corrected chi connectivity index (χ1v) is 16.4. The topological polar surface area (TPSA) is 96.5 Å². The molecule has 0 aliphatic carbocycles. The monoisotopic (exact) mass is 655 g/mol. The highest BCUT2D eigenvalue weighted by Gasteiger charge is 2.23. The van der Waals surface area contributed by atoms with Crippen LogP contribution < -0.4 is 20.7 Å². The maximum Gasteiger partial charge on any atom is 0.272 e. The number of thioether (sulfide) groups is 1. The molecule has 0 saturated carbocycles. The molecular weight excluding hydrogens is 619 g/mol. The van der Waals surface area contributed by atoms with Crippen molar-refractivity contribution < 1.29 is 19.1 Å². The first-order valence-electron chi connectivity index (χ1n) is 15.5. The van der Waals surface area contributed by atoms with Gasteiger partial charge < -0.3 is 20.7 Å². The smallest absolute Gasteiger partial charge is 0.272 e. The summed E-state index contributed by atoms with van der Waals surface area (Å²) in [6.07, 6.45) is 1.66. The molecule has 242 valence electrons. The predicted molar refractivity (Wildman–Crippen MR) is 194 cm³/mol. The molecule has 5 aromatic rings. The number of rotatable bonds is 12. The molecule has 7 nitrogen and oxygen atoms in total. The van der Waals surface area contributed by atoms with Gasteiger partial charge in [-0.3, -0.25) is 14.4 Å².